The van der Waals surface area contributed by atoms with Crippen LogP contribution in [-0.4, -0.2) is 19.6 Å². The Bertz CT molecular complexity index is 457. The van der Waals surface area contributed by atoms with Crippen molar-refractivity contribution >= 4 is 0 Å². The van der Waals surface area contributed by atoms with Gasteiger partial charge in [-0.2, -0.15) is 10.2 Å². The number of rotatable bonds is 6. The average Bonchev–Trinajstić information content (AvgIpc) is 2.89. The predicted molar refractivity (Wildman–Crippen MR) is 66.3 cm³/mol. The predicted octanol–water partition coefficient (Wildman–Crippen LogP) is 1.32. The fraction of sp³-hybridized carbons (Fsp3) is 0.500. The summed E-state index contributed by atoms with van der Waals surface area (Å²) in [6.45, 7) is 4.70. The van der Waals surface area contributed by atoms with E-state index in [0.29, 0.717) is 0 Å². The Labute approximate surface area is 101 Å². The molecule has 0 aromatic carbocycles. The number of nitrogens with one attached hydrogen (secondary N) is 1. The van der Waals surface area contributed by atoms with Gasteiger partial charge >= 0.3 is 0 Å². The first-order valence-electron chi connectivity index (χ1n) is 5.99. The summed E-state index contributed by atoms with van der Waals surface area (Å²) < 4.78 is 3.80. The molecular weight excluding hydrogens is 214 g/mol. The fourth-order valence-corrected chi connectivity index (χ4v) is 1.73. The van der Waals surface area contributed by atoms with Crippen LogP contribution >= 0.6 is 0 Å². The van der Waals surface area contributed by atoms with Crippen LogP contribution in [0.3, 0.4) is 0 Å². The summed E-state index contributed by atoms with van der Waals surface area (Å²) in [5, 5.41) is 12.1. The SMILES string of the molecule is CCCn1ccc(CNCc2ccn(C)n2)n1. The number of aryl methyl sites for hydroxylation is 2. The second-order valence-electron chi connectivity index (χ2n) is 4.15. The molecule has 92 valence electrons. The van der Waals surface area contributed by atoms with Crippen LogP contribution in [0.2, 0.25) is 0 Å². The van der Waals surface area contributed by atoms with E-state index < -0.39 is 0 Å². The lowest BCUT2D eigenvalue weighted by atomic mass is 10.4. The van der Waals surface area contributed by atoms with E-state index >= 15 is 0 Å². The Balaban J connectivity index is 1.77. The van der Waals surface area contributed by atoms with E-state index in [-0.39, 0.29) is 0 Å². The van der Waals surface area contributed by atoms with E-state index in [2.05, 4.69) is 28.5 Å². The van der Waals surface area contributed by atoms with Gasteiger partial charge in [-0.3, -0.25) is 9.36 Å². The van der Waals surface area contributed by atoms with Gasteiger partial charge in [-0.25, -0.2) is 0 Å². The van der Waals surface area contributed by atoms with E-state index in [4.69, 9.17) is 0 Å². The van der Waals surface area contributed by atoms with Gasteiger partial charge in [0.15, 0.2) is 0 Å². The molecule has 2 aromatic heterocycles. The lowest BCUT2D eigenvalue weighted by Gasteiger charge is -2.00. The Hall–Kier alpha value is -1.62. The molecule has 0 spiro atoms. The van der Waals surface area contributed by atoms with E-state index in [1.54, 1.807) is 0 Å². The van der Waals surface area contributed by atoms with Crippen LogP contribution in [0, 0.1) is 0 Å². The number of aromatic nitrogens is 4. The Kier molecular flexibility index (Phi) is 3.93. The maximum atomic E-state index is 4.46. The molecule has 2 aromatic rings. The van der Waals surface area contributed by atoms with Gasteiger partial charge in [-0.15, -0.1) is 0 Å². The Morgan fingerprint density at radius 2 is 1.82 bits per heavy atom. The zero-order chi connectivity index (χ0) is 12.1. The minimum Gasteiger partial charge on any atom is -0.305 e. The number of hydrogen-bond donors (Lipinski definition) is 1. The van der Waals surface area contributed by atoms with Crippen LogP contribution in [0.15, 0.2) is 24.5 Å². The van der Waals surface area contributed by atoms with Crippen molar-refractivity contribution < 1.29 is 0 Å². The topological polar surface area (TPSA) is 47.7 Å². The molecule has 0 fully saturated rings. The first kappa shape index (κ1) is 11.9. The van der Waals surface area contributed by atoms with Crippen molar-refractivity contribution in [2.75, 3.05) is 0 Å². The molecule has 0 bridgehead atoms. The second-order valence-corrected chi connectivity index (χ2v) is 4.15. The van der Waals surface area contributed by atoms with Crippen LogP contribution in [0.5, 0.6) is 0 Å². The summed E-state index contributed by atoms with van der Waals surface area (Å²) >= 11 is 0. The normalized spacial score (nSPS) is 10.9. The maximum Gasteiger partial charge on any atom is 0.0762 e. The Morgan fingerprint density at radius 1 is 1.12 bits per heavy atom. The van der Waals surface area contributed by atoms with E-state index in [1.165, 1.54) is 0 Å². The molecule has 5 nitrogen and oxygen atoms in total. The Morgan fingerprint density at radius 3 is 2.47 bits per heavy atom. The van der Waals surface area contributed by atoms with E-state index in [1.807, 2.05) is 34.9 Å². The van der Waals surface area contributed by atoms with Gasteiger partial charge in [0.25, 0.3) is 0 Å². The highest BCUT2D eigenvalue weighted by molar-refractivity contribution is 5.01. The molecule has 0 aliphatic rings. The van der Waals surface area contributed by atoms with Crippen LogP contribution in [0.25, 0.3) is 0 Å². The molecule has 2 heterocycles. The standard InChI is InChI=1S/C12H19N5/c1-3-6-17-8-5-12(15-17)10-13-9-11-4-7-16(2)14-11/h4-5,7-8,13H,3,6,9-10H2,1-2H3. The van der Waals surface area contributed by atoms with Crippen molar-refractivity contribution in [1.29, 1.82) is 0 Å². The lowest BCUT2D eigenvalue weighted by Crippen LogP contribution is -2.14. The zero-order valence-electron chi connectivity index (χ0n) is 10.4. The molecule has 0 saturated carbocycles. The minimum atomic E-state index is 0.779. The van der Waals surface area contributed by atoms with Crippen molar-refractivity contribution in [3.63, 3.8) is 0 Å². The van der Waals surface area contributed by atoms with Gasteiger partial charge in [0.1, 0.15) is 0 Å². The summed E-state index contributed by atoms with van der Waals surface area (Å²) in [6, 6.07) is 4.07. The van der Waals surface area contributed by atoms with Gasteiger partial charge in [0.05, 0.1) is 11.4 Å². The van der Waals surface area contributed by atoms with Gasteiger partial charge in [0.2, 0.25) is 0 Å². The monoisotopic (exact) mass is 233 g/mol. The minimum absolute atomic E-state index is 0.779. The van der Waals surface area contributed by atoms with Crippen molar-refractivity contribution in [3.05, 3.63) is 35.9 Å². The molecule has 0 radical (unpaired) electrons. The fourth-order valence-electron chi connectivity index (χ4n) is 1.73. The largest absolute Gasteiger partial charge is 0.305 e. The molecule has 2 rings (SSSR count). The average molecular weight is 233 g/mol. The second kappa shape index (κ2) is 5.63. The third-order valence-corrected chi connectivity index (χ3v) is 2.53. The van der Waals surface area contributed by atoms with Crippen molar-refractivity contribution in [2.24, 2.45) is 7.05 Å². The highest BCUT2D eigenvalue weighted by atomic mass is 15.3. The summed E-state index contributed by atoms with van der Waals surface area (Å²) in [4.78, 5) is 0. The van der Waals surface area contributed by atoms with Crippen molar-refractivity contribution in [3.8, 4) is 0 Å². The van der Waals surface area contributed by atoms with Gasteiger partial charge in [0, 0.05) is 39.1 Å². The van der Waals surface area contributed by atoms with Crippen LogP contribution < -0.4 is 5.32 Å². The summed E-state index contributed by atoms with van der Waals surface area (Å²) in [6.07, 6.45) is 5.09. The lowest BCUT2D eigenvalue weighted by molar-refractivity contribution is 0.580. The van der Waals surface area contributed by atoms with E-state index in [9.17, 15) is 0 Å². The van der Waals surface area contributed by atoms with Crippen LogP contribution in [0.1, 0.15) is 24.7 Å². The highest BCUT2D eigenvalue weighted by Gasteiger charge is 1.99. The van der Waals surface area contributed by atoms with Crippen LogP contribution in [0.4, 0.5) is 0 Å². The maximum absolute atomic E-state index is 4.46. The molecule has 0 amide bonds. The zero-order valence-corrected chi connectivity index (χ0v) is 10.4. The molecule has 17 heavy (non-hydrogen) atoms. The van der Waals surface area contributed by atoms with Crippen molar-refractivity contribution in [1.82, 2.24) is 24.9 Å². The third-order valence-electron chi connectivity index (χ3n) is 2.53. The molecule has 0 saturated heterocycles. The molecule has 0 unspecified atom stereocenters. The molecular formula is C12H19N5. The smallest absolute Gasteiger partial charge is 0.0762 e. The highest BCUT2D eigenvalue weighted by Crippen LogP contribution is 1.98. The number of hydrogen-bond acceptors (Lipinski definition) is 3. The number of nitrogens with zero attached hydrogens (tertiary/aromatic N) is 4. The molecule has 0 aliphatic carbocycles. The van der Waals surface area contributed by atoms with Crippen molar-refractivity contribution in [2.45, 2.75) is 33.0 Å². The summed E-state index contributed by atoms with van der Waals surface area (Å²) in [7, 11) is 1.93. The molecule has 1 N–H and O–H groups in total. The molecule has 0 atom stereocenters. The van der Waals surface area contributed by atoms with Gasteiger partial charge in [-0.1, -0.05) is 6.92 Å². The molecule has 5 heteroatoms. The summed E-state index contributed by atoms with van der Waals surface area (Å²) in [5.41, 5.74) is 2.13. The van der Waals surface area contributed by atoms with E-state index in [0.717, 1.165) is 37.4 Å². The van der Waals surface area contributed by atoms with Crippen LogP contribution in [-0.2, 0) is 26.7 Å². The van der Waals surface area contributed by atoms with Gasteiger partial charge in [-0.05, 0) is 18.6 Å². The summed E-state index contributed by atoms with van der Waals surface area (Å²) in [5.74, 6) is 0. The molecule has 0 aliphatic heterocycles. The first-order valence-corrected chi connectivity index (χ1v) is 5.99. The quantitative estimate of drug-likeness (QED) is 0.818. The van der Waals surface area contributed by atoms with Gasteiger partial charge < -0.3 is 5.32 Å². The first-order chi connectivity index (χ1) is 8.28. The third kappa shape index (κ3) is 3.42.